The number of ether oxygens (including phenoxy) is 1. The van der Waals surface area contributed by atoms with E-state index >= 15 is 0 Å². The van der Waals surface area contributed by atoms with E-state index in [9.17, 15) is 0 Å². The summed E-state index contributed by atoms with van der Waals surface area (Å²) >= 11 is 0. The van der Waals surface area contributed by atoms with Crippen molar-refractivity contribution in [1.29, 1.82) is 0 Å². The Morgan fingerprint density at radius 3 is 2.26 bits per heavy atom. The van der Waals surface area contributed by atoms with Gasteiger partial charge in [-0.15, -0.1) is 0 Å². The number of benzene rings is 1. The predicted octanol–water partition coefficient (Wildman–Crippen LogP) is 2.37. The number of nitrogens with zero attached hydrogens (tertiary/aromatic N) is 2. The molecule has 1 fully saturated rings. The highest BCUT2D eigenvalue weighted by atomic mass is 16.5. The molecule has 0 radical (unpaired) electrons. The van der Waals surface area contributed by atoms with Gasteiger partial charge in [0, 0.05) is 26.2 Å². The zero-order valence-electron chi connectivity index (χ0n) is 16.6. The number of aliphatic carboxylic acids is 2. The number of hydrogen-bond acceptors (Lipinski definition) is 5. The van der Waals surface area contributed by atoms with Crippen molar-refractivity contribution in [3.63, 3.8) is 0 Å². The fraction of sp³-hybridized carbons (Fsp3) is 0.600. The highest BCUT2D eigenvalue weighted by molar-refractivity contribution is 6.27. The average Bonchev–Trinajstić information content (AvgIpc) is 2.63. The van der Waals surface area contributed by atoms with Gasteiger partial charge in [0.05, 0.1) is 6.61 Å². The third-order valence-electron chi connectivity index (χ3n) is 4.44. The Hall–Kier alpha value is -2.12. The quantitative estimate of drug-likeness (QED) is 0.554. The molecule has 1 aromatic rings. The van der Waals surface area contributed by atoms with Gasteiger partial charge >= 0.3 is 11.9 Å². The Labute approximate surface area is 161 Å². The van der Waals surface area contributed by atoms with Crippen LogP contribution in [0.25, 0.3) is 0 Å². The summed E-state index contributed by atoms with van der Waals surface area (Å²) in [6, 6.07) is 8.50. The number of unbranched alkanes of at least 4 members (excludes halogenated alkanes) is 1. The van der Waals surface area contributed by atoms with Gasteiger partial charge in [-0.2, -0.15) is 0 Å². The molecule has 2 rings (SSSR count). The zero-order chi connectivity index (χ0) is 20.2. The summed E-state index contributed by atoms with van der Waals surface area (Å²) in [7, 11) is 2.20. The number of carboxylic acid groups (broad SMARTS) is 2. The van der Waals surface area contributed by atoms with Crippen molar-refractivity contribution in [3.05, 3.63) is 29.8 Å². The van der Waals surface area contributed by atoms with E-state index in [2.05, 4.69) is 55.0 Å². The van der Waals surface area contributed by atoms with E-state index in [1.54, 1.807) is 0 Å². The fourth-order valence-electron chi connectivity index (χ4n) is 2.66. The average molecular weight is 380 g/mol. The van der Waals surface area contributed by atoms with Crippen LogP contribution in [-0.2, 0) is 9.59 Å². The van der Waals surface area contributed by atoms with Crippen molar-refractivity contribution in [1.82, 2.24) is 9.80 Å². The number of likely N-dealkylation sites (N-methyl/N-ethyl adjacent to an activating group) is 1. The van der Waals surface area contributed by atoms with E-state index in [1.807, 2.05) is 0 Å². The van der Waals surface area contributed by atoms with Gasteiger partial charge in [0.1, 0.15) is 5.75 Å². The highest BCUT2D eigenvalue weighted by Gasteiger charge is 2.12. The lowest BCUT2D eigenvalue weighted by Crippen LogP contribution is -2.44. The lowest BCUT2D eigenvalue weighted by molar-refractivity contribution is -0.159. The van der Waals surface area contributed by atoms with Crippen LogP contribution in [0.4, 0.5) is 0 Å². The van der Waals surface area contributed by atoms with Crippen LogP contribution < -0.4 is 4.74 Å². The maximum atomic E-state index is 9.10. The zero-order valence-corrected chi connectivity index (χ0v) is 16.6. The third kappa shape index (κ3) is 9.96. The lowest BCUT2D eigenvalue weighted by atomic mass is 10.0. The molecule has 1 heterocycles. The van der Waals surface area contributed by atoms with Crippen LogP contribution in [0, 0.1) is 0 Å². The van der Waals surface area contributed by atoms with Gasteiger partial charge in [-0.1, -0.05) is 26.0 Å². The summed E-state index contributed by atoms with van der Waals surface area (Å²) in [5, 5.41) is 14.8. The molecule has 0 aromatic heterocycles. The van der Waals surface area contributed by atoms with Gasteiger partial charge in [-0.3, -0.25) is 0 Å². The molecule has 27 heavy (non-hydrogen) atoms. The Morgan fingerprint density at radius 1 is 1.07 bits per heavy atom. The Balaban J connectivity index is 0.000000527. The molecule has 2 N–H and O–H groups in total. The molecule has 0 atom stereocenters. The summed E-state index contributed by atoms with van der Waals surface area (Å²) in [6.45, 7) is 11.3. The Morgan fingerprint density at radius 2 is 1.70 bits per heavy atom. The van der Waals surface area contributed by atoms with E-state index in [0.29, 0.717) is 5.92 Å². The minimum Gasteiger partial charge on any atom is -0.494 e. The first-order valence-corrected chi connectivity index (χ1v) is 9.39. The smallest absolute Gasteiger partial charge is 0.414 e. The van der Waals surface area contributed by atoms with Crippen molar-refractivity contribution in [2.24, 2.45) is 0 Å². The van der Waals surface area contributed by atoms with Gasteiger partial charge in [0.15, 0.2) is 0 Å². The first-order chi connectivity index (χ1) is 12.8. The van der Waals surface area contributed by atoms with E-state index in [-0.39, 0.29) is 0 Å². The van der Waals surface area contributed by atoms with Gasteiger partial charge in [0.2, 0.25) is 0 Å². The molecule has 0 saturated carbocycles. The minimum absolute atomic E-state index is 0.561. The molecule has 0 aliphatic carbocycles. The van der Waals surface area contributed by atoms with Crippen LogP contribution in [0.5, 0.6) is 5.75 Å². The monoisotopic (exact) mass is 380 g/mol. The first kappa shape index (κ1) is 22.9. The van der Waals surface area contributed by atoms with Crippen molar-refractivity contribution in [2.75, 3.05) is 46.4 Å². The fourth-order valence-corrected chi connectivity index (χ4v) is 2.66. The number of rotatable bonds is 7. The Bertz CT molecular complexity index is 571. The Kier molecular flexibility index (Phi) is 10.4. The van der Waals surface area contributed by atoms with Gasteiger partial charge in [-0.05, 0) is 50.0 Å². The second kappa shape index (κ2) is 12.3. The van der Waals surface area contributed by atoms with Crippen molar-refractivity contribution in [2.45, 2.75) is 32.6 Å². The lowest BCUT2D eigenvalue weighted by Gasteiger charge is -2.32. The molecule has 1 aliphatic heterocycles. The number of hydrogen-bond donors (Lipinski definition) is 2. The predicted molar refractivity (Wildman–Crippen MR) is 104 cm³/mol. The molecule has 7 heteroatoms. The molecule has 7 nitrogen and oxygen atoms in total. The molecule has 0 unspecified atom stereocenters. The van der Waals surface area contributed by atoms with E-state index in [0.717, 1.165) is 18.8 Å². The minimum atomic E-state index is -1.82. The van der Waals surface area contributed by atoms with Gasteiger partial charge < -0.3 is 24.7 Å². The van der Waals surface area contributed by atoms with E-state index in [4.69, 9.17) is 24.5 Å². The van der Waals surface area contributed by atoms with Crippen LogP contribution in [0.15, 0.2) is 24.3 Å². The van der Waals surface area contributed by atoms with Crippen molar-refractivity contribution in [3.8, 4) is 5.75 Å². The molecular formula is C20H32N2O5. The molecule has 1 saturated heterocycles. The van der Waals surface area contributed by atoms with Crippen molar-refractivity contribution >= 4 is 11.9 Å². The van der Waals surface area contributed by atoms with Gasteiger partial charge in [-0.25, -0.2) is 9.59 Å². The number of carbonyl (C=O) groups is 2. The molecule has 152 valence electrons. The molecule has 0 bridgehead atoms. The summed E-state index contributed by atoms with van der Waals surface area (Å²) in [4.78, 5) is 23.2. The molecule has 1 aliphatic rings. The van der Waals surface area contributed by atoms with Crippen LogP contribution in [-0.4, -0.2) is 78.3 Å². The number of piperazine rings is 1. The highest BCUT2D eigenvalue weighted by Crippen LogP contribution is 2.20. The normalized spacial score (nSPS) is 15.1. The van der Waals surface area contributed by atoms with Gasteiger partial charge in [0.25, 0.3) is 0 Å². The van der Waals surface area contributed by atoms with Crippen LogP contribution in [0.3, 0.4) is 0 Å². The molecular weight excluding hydrogens is 348 g/mol. The summed E-state index contributed by atoms with van der Waals surface area (Å²) < 4.78 is 5.88. The van der Waals surface area contributed by atoms with Crippen LogP contribution >= 0.6 is 0 Å². The van der Waals surface area contributed by atoms with Crippen LogP contribution in [0.2, 0.25) is 0 Å². The first-order valence-electron chi connectivity index (χ1n) is 9.39. The SMILES string of the molecule is CC(C)c1cccc(OCCCCN2CCN(C)CC2)c1.O=C(O)C(=O)O. The topological polar surface area (TPSA) is 90.3 Å². The molecule has 0 amide bonds. The standard InChI is InChI=1S/C18H30N2O.C2H2O4/c1-16(2)17-7-6-8-18(15-17)21-14-5-4-9-20-12-10-19(3)11-13-20;3-1(4)2(5)6/h6-8,15-16H,4-5,9-14H2,1-3H3;(H,3,4)(H,5,6). The molecule has 0 spiro atoms. The van der Waals surface area contributed by atoms with E-state index < -0.39 is 11.9 Å². The maximum absolute atomic E-state index is 9.10. The molecule has 1 aromatic carbocycles. The van der Waals surface area contributed by atoms with Crippen LogP contribution in [0.1, 0.15) is 38.2 Å². The van der Waals surface area contributed by atoms with E-state index in [1.165, 1.54) is 44.7 Å². The maximum Gasteiger partial charge on any atom is 0.414 e. The number of carboxylic acids is 2. The summed E-state index contributed by atoms with van der Waals surface area (Å²) in [5.41, 5.74) is 1.35. The third-order valence-corrected chi connectivity index (χ3v) is 4.44. The summed E-state index contributed by atoms with van der Waals surface area (Å²) in [6.07, 6.45) is 2.37. The second-order valence-corrected chi connectivity index (χ2v) is 7.04. The summed E-state index contributed by atoms with van der Waals surface area (Å²) in [5.74, 6) is -2.07. The largest absolute Gasteiger partial charge is 0.494 e. The second-order valence-electron chi connectivity index (χ2n) is 7.04. The van der Waals surface area contributed by atoms with Crippen molar-refractivity contribution < 1.29 is 24.5 Å².